The standard InChI is InChI=1S/C4H4O3S2.Ag/c5-9(6,7)4-2-1-3-8-4;/h1-3H,(H,5,6,7);. The Morgan fingerprint density at radius 2 is 2.10 bits per heavy atom. The topological polar surface area (TPSA) is 54.4 Å². The van der Waals surface area contributed by atoms with E-state index in [0.29, 0.717) is 0 Å². The normalized spacial score (nSPS) is 10.5. The van der Waals surface area contributed by atoms with E-state index in [1.807, 2.05) is 0 Å². The number of hydrogen-bond acceptors (Lipinski definition) is 3. The summed E-state index contributed by atoms with van der Waals surface area (Å²) in [5, 5.41) is 1.59. The Bertz CT molecular complexity index is 275. The van der Waals surface area contributed by atoms with Crippen molar-refractivity contribution < 1.29 is 35.4 Å². The molecule has 0 fully saturated rings. The van der Waals surface area contributed by atoms with Crippen molar-refractivity contribution in [2.45, 2.75) is 4.21 Å². The second kappa shape index (κ2) is 3.66. The van der Waals surface area contributed by atoms with E-state index in [0.717, 1.165) is 11.3 Å². The monoisotopic (exact) mass is 271 g/mol. The molecule has 0 aromatic carbocycles. The summed E-state index contributed by atoms with van der Waals surface area (Å²) in [6, 6.07) is 2.91. The van der Waals surface area contributed by atoms with Crippen LogP contribution in [0.3, 0.4) is 0 Å². The minimum absolute atomic E-state index is 0. The third-order valence-electron chi connectivity index (χ3n) is 0.749. The van der Waals surface area contributed by atoms with Gasteiger partial charge in [0.05, 0.1) is 0 Å². The third-order valence-corrected chi connectivity index (χ3v) is 2.98. The Morgan fingerprint density at radius 3 is 2.30 bits per heavy atom. The minimum Gasteiger partial charge on any atom is -0.281 e. The summed E-state index contributed by atoms with van der Waals surface area (Å²) in [6.45, 7) is 0. The average molecular weight is 272 g/mol. The van der Waals surface area contributed by atoms with Gasteiger partial charge >= 0.3 is 10.1 Å². The predicted molar refractivity (Wildman–Crippen MR) is 34.1 cm³/mol. The van der Waals surface area contributed by atoms with Crippen molar-refractivity contribution in [1.82, 2.24) is 0 Å². The van der Waals surface area contributed by atoms with Gasteiger partial charge in [0.1, 0.15) is 4.21 Å². The van der Waals surface area contributed by atoms with Gasteiger partial charge in [-0.2, -0.15) is 8.42 Å². The summed E-state index contributed by atoms with van der Waals surface area (Å²) in [4.78, 5) is 0. The molecule has 61 valence electrons. The Morgan fingerprint density at radius 1 is 1.50 bits per heavy atom. The van der Waals surface area contributed by atoms with Gasteiger partial charge < -0.3 is 0 Å². The molecule has 0 saturated heterocycles. The molecule has 0 spiro atoms. The number of thiophene rings is 1. The molecular weight excluding hydrogens is 268 g/mol. The molecule has 6 heteroatoms. The molecular formula is C4H4AgO3S2. The van der Waals surface area contributed by atoms with Crippen molar-refractivity contribution in [1.29, 1.82) is 0 Å². The molecule has 0 aliphatic heterocycles. The second-order valence-corrected chi connectivity index (χ2v) is 4.00. The molecule has 3 nitrogen and oxygen atoms in total. The van der Waals surface area contributed by atoms with Gasteiger partial charge in [0.25, 0.3) is 0 Å². The molecule has 0 bridgehead atoms. The molecule has 0 saturated carbocycles. The zero-order chi connectivity index (χ0) is 6.91. The van der Waals surface area contributed by atoms with Crippen LogP contribution in [-0.4, -0.2) is 13.0 Å². The van der Waals surface area contributed by atoms with Gasteiger partial charge in [0, 0.05) is 22.4 Å². The first-order valence-corrected chi connectivity index (χ1v) is 4.43. The van der Waals surface area contributed by atoms with E-state index in [1.54, 1.807) is 11.4 Å². The van der Waals surface area contributed by atoms with Crippen molar-refractivity contribution in [2.75, 3.05) is 0 Å². The maximum Gasteiger partial charge on any atom is 0.304 e. The molecule has 0 atom stereocenters. The Kier molecular flexibility index (Phi) is 3.79. The van der Waals surface area contributed by atoms with Crippen LogP contribution in [0.15, 0.2) is 21.7 Å². The van der Waals surface area contributed by atoms with Crippen molar-refractivity contribution in [2.24, 2.45) is 0 Å². The Balaban J connectivity index is 0.000000810. The first kappa shape index (κ1) is 10.4. The fraction of sp³-hybridized carbons (Fsp3) is 0. The van der Waals surface area contributed by atoms with Crippen molar-refractivity contribution in [3.05, 3.63) is 17.5 Å². The fourth-order valence-corrected chi connectivity index (χ4v) is 1.76. The Labute approximate surface area is 78.3 Å². The average Bonchev–Trinajstić information content (AvgIpc) is 2.08. The molecule has 1 radical (unpaired) electrons. The van der Waals surface area contributed by atoms with E-state index in [1.165, 1.54) is 6.07 Å². The second-order valence-electron chi connectivity index (χ2n) is 1.41. The van der Waals surface area contributed by atoms with Crippen LogP contribution in [0.4, 0.5) is 0 Å². The number of rotatable bonds is 1. The smallest absolute Gasteiger partial charge is 0.281 e. The van der Waals surface area contributed by atoms with Gasteiger partial charge in [-0.1, -0.05) is 6.07 Å². The molecule has 10 heavy (non-hydrogen) atoms. The van der Waals surface area contributed by atoms with E-state index >= 15 is 0 Å². The fourth-order valence-electron chi connectivity index (χ4n) is 0.410. The summed E-state index contributed by atoms with van der Waals surface area (Å²) in [5.74, 6) is 0. The summed E-state index contributed by atoms with van der Waals surface area (Å²) in [5.41, 5.74) is 0. The van der Waals surface area contributed by atoms with Gasteiger partial charge in [0.2, 0.25) is 0 Å². The maximum atomic E-state index is 10.3. The quantitative estimate of drug-likeness (QED) is 0.612. The van der Waals surface area contributed by atoms with E-state index in [-0.39, 0.29) is 26.6 Å². The van der Waals surface area contributed by atoms with E-state index < -0.39 is 10.1 Å². The Hall–Kier alpha value is 0.350. The maximum absolute atomic E-state index is 10.3. The SMILES string of the molecule is O=S(=O)(O)c1cccs1.[Ag]. The van der Waals surface area contributed by atoms with Crippen molar-refractivity contribution in [3.63, 3.8) is 0 Å². The van der Waals surface area contributed by atoms with Gasteiger partial charge in [0.15, 0.2) is 0 Å². The number of hydrogen-bond donors (Lipinski definition) is 1. The molecule has 0 aliphatic rings. The third kappa shape index (κ3) is 2.53. The minimum atomic E-state index is -3.94. The molecule has 1 aromatic heterocycles. The zero-order valence-electron chi connectivity index (χ0n) is 4.61. The molecule has 0 aliphatic carbocycles. The van der Waals surface area contributed by atoms with Gasteiger partial charge in [-0.3, -0.25) is 4.55 Å². The van der Waals surface area contributed by atoms with Crippen LogP contribution < -0.4 is 0 Å². The first-order chi connectivity index (χ1) is 4.11. The van der Waals surface area contributed by atoms with Crippen LogP contribution in [0.2, 0.25) is 0 Å². The van der Waals surface area contributed by atoms with Gasteiger partial charge in [-0.05, 0) is 11.4 Å². The largest absolute Gasteiger partial charge is 0.304 e. The van der Waals surface area contributed by atoms with E-state index in [9.17, 15) is 8.42 Å². The first-order valence-electron chi connectivity index (χ1n) is 2.12. The predicted octanol–water partition coefficient (Wildman–Crippen LogP) is 0.992. The van der Waals surface area contributed by atoms with Crippen molar-refractivity contribution in [3.8, 4) is 0 Å². The van der Waals surface area contributed by atoms with E-state index in [4.69, 9.17) is 4.55 Å². The molecule has 1 rings (SSSR count). The summed E-state index contributed by atoms with van der Waals surface area (Å²) >= 11 is 0.992. The van der Waals surface area contributed by atoms with Crippen LogP contribution >= 0.6 is 11.3 Å². The molecule has 0 amide bonds. The van der Waals surface area contributed by atoms with Crippen LogP contribution in [0.25, 0.3) is 0 Å². The van der Waals surface area contributed by atoms with Crippen LogP contribution in [-0.2, 0) is 32.5 Å². The van der Waals surface area contributed by atoms with Gasteiger partial charge in [-0.15, -0.1) is 11.3 Å². The van der Waals surface area contributed by atoms with E-state index in [2.05, 4.69) is 0 Å². The molecule has 0 unspecified atom stereocenters. The summed E-state index contributed by atoms with van der Waals surface area (Å²) in [7, 11) is -3.94. The van der Waals surface area contributed by atoms with Crippen LogP contribution in [0.5, 0.6) is 0 Å². The molecule has 1 heterocycles. The van der Waals surface area contributed by atoms with Crippen molar-refractivity contribution >= 4 is 21.5 Å². The molecule has 1 aromatic rings. The summed E-state index contributed by atoms with van der Waals surface area (Å²) in [6.07, 6.45) is 0. The van der Waals surface area contributed by atoms with Crippen LogP contribution in [0.1, 0.15) is 0 Å². The summed E-state index contributed by atoms with van der Waals surface area (Å²) < 4.78 is 28.9. The molecule has 1 N–H and O–H groups in total. The zero-order valence-corrected chi connectivity index (χ0v) is 7.73. The van der Waals surface area contributed by atoms with Crippen LogP contribution in [0, 0.1) is 0 Å². The van der Waals surface area contributed by atoms with Gasteiger partial charge in [-0.25, -0.2) is 0 Å².